The third-order valence-electron chi connectivity index (χ3n) is 5.15. The molecule has 3 rings (SSSR count). The molecular formula is C26H28N2O3. The molecule has 1 atom stereocenters. The zero-order valence-electron chi connectivity index (χ0n) is 17.5. The summed E-state index contributed by atoms with van der Waals surface area (Å²) in [6, 6.07) is 25.7. The molecule has 5 nitrogen and oxygen atoms in total. The van der Waals surface area contributed by atoms with Gasteiger partial charge in [0.2, 0.25) is 5.91 Å². The van der Waals surface area contributed by atoms with E-state index in [-0.39, 0.29) is 24.1 Å². The summed E-state index contributed by atoms with van der Waals surface area (Å²) in [4.78, 5) is 25.3. The first-order valence-electron chi connectivity index (χ1n) is 10.6. The van der Waals surface area contributed by atoms with E-state index in [1.54, 1.807) is 48.5 Å². The maximum absolute atomic E-state index is 12.9. The van der Waals surface area contributed by atoms with Gasteiger partial charge in [-0.05, 0) is 54.7 Å². The number of amides is 2. The first-order valence-corrected chi connectivity index (χ1v) is 10.6. The fourth-order valence-electron chi connectivity index (χ4n) is 3.39. The number of unbranched alkanes of at least 4 members (excludes halogenated alkanes) is 1. The molecule has 5 heteroatoms. The number of carbonyl (C=O) groups is 2. The molecule has 0 saturated heterocycles. The van der Waals surface area contributed by atoms with Gasteiger partial charge in [-0.25, -0.2) is 0 Å². The number of rotatable bonds is 10. The van der Waals surface area contributed by atoms with Crippen molar-refractivity contribution in [3.63, 3.8) is 0 Å². The number of hydrogen-bond donors (Lipinski definition) is 3. The Hall–Kier alpha value is -3.60. The van der Waals surface area contributed by atoms with Gasteiger partial charge in [0.1, 0.15) is 5.75 Å². The molecule has 1 unspecified atom stereocenters. The maximum Gasteiger partial charge on any atom is 0.251 e. The highest BCUT2D eigenvalue weighted by atomic mass is 16.3. The van der Waals surface area contributed by atoms with Gasteiger partial charge in [0.15, 0.2) is 0 Å². The summed E-state index contributed by atoms with van der Waals surface area (Å²) in [6.07, 6.45) is 2.84. The minimum Gasteiger partial charge on any atom is -0.508 e. The smallest absolute Gasteiger partial charge is 0.251 e. The van der Waals surface area contributed by atoms with Gasteiger partial charge in [-0.15, -0.1) is 0 Å². The number of hydrogen-bond acceptors (Lipinski definition) is 3. The molecule has 0 aliphatic heterocycles. The van der Waals surface area contributed by atoms with Crippen LogP contribution in [0.15, 0.2) is 84.9 Å². The quantitative estimate of drug-likeness (QED) is 0.437. The highest BCUT2D eigenvalue weighted by molar-refractivity contribution is 5.94. The fraction of sp³-hybridized carbons (Fsp3) is 0.231. The van der Waals surface area contributed by atoms with Crippen LogP contribution in [0.4, 0.5) is 0 Å². The summed E-state index contributed by atoms with van der Waals surface area (Å²) in [7, 11) is 0. The van der Waals surface area contributed by atoms with Crippen molar-refractivity contribution >= 4 is 11.8 Å². The van der Waals surface area contributed by atoms with Crippen molar-refractivity contribution in [3.05, 3.63) is 102 Å². The van der Waals surface area contributed by atoms with Crippen LogP contribution in [0, 0.1) is 0 Å². The molecule has 0 aromatic heterocycles. The zero-order chi connectivity index (χ0) is 21.9. The predicted molar refractivity (Wildman–Crippen MR) is 122 cm³/mol. The molecule has 0 aliphatic carbocycles. The van der Waals surface area contributed by atoms with Crippen LogP contribution in [-0.2, 0) is 11.2 Å². The van der Waals surface area contributed by atoms with Crippen molar-refractivity contribution in [2.45, 2.75) is 25.2 Å². The highest BCUT2D eigenvalue weighted by Crippen LogP contribution is 2.19. The Morgan fingerprint density at radius 3 is 2.10 bits per heavy atom. The van der Waals surface area contributed by atoms with Gasteiger partial charge in [-0.1, -0.05) is 60.7 Å². The number of benzene rings is 3. The first-order chi connectivity index (χ1) is 15.1. The van der Waals surface area contributed by atoms with Crippen molar-refractivity contribution in [1.29, 1.82) is 0 Å². The molecule has 0 heterocycles. The third-order valence-corrected chi connectivity index (χ3v) is 5.15. The van der Waals surface area contributed by atoms with Crippen LogP contribution in [0.25, 0.3) is 0 Å². The van der Waals surface area contributed by atoms with Crippen molar-refractivity contribution < 1.29 is 14.7 Å². The predicted octanol–water partition coefficient (Wildman–Crippen LogP) is 4.04. The Morgan fingerprint density at radius 1 is 0.774 bits per heavy atom. The van der Waals surface area contributed by atoms with Crippen LogP contribution in [0.2, 0.25) is 0 Å². The van der Waals surface area contributed by atoms with Crippen molar-refractivity contribution in [2.75, 3.05) is 13.1 Å². The van der Waals surface area contributed by atoms with E-state index in [2.05, 4.69) is 22.8 Å². The molecule has 2 amide bonds. The van der Waals surface area contributed by atoms with Crippen LogP contribution in [0.1, 0.15) is 40.2 Å². The van der Waals surface area contributed by atoms with E-state index in [1.165, 1.54) is 5.56 Å². The van der Waals surface area contributed by atoms with E-state index in [9.17, 15) is 14.7 Å². The number of aromatic hydroxyl groups is 1. The Bertz CT molecular complexity index is 957. The van der Waals surface area contributed by atoms with E-state index in [0.29, 0.717) is 12.1 Å². The average Bonchev–Trinajstić information content (AvgIpc) is 2.81. The van der Waals surface area contributed by atoms with Gasteiger partial charge in [-0.2, -0.15) is 0 Å². The average molecular weight is 417 g/mol. The molecule has 0 bridgehead atoms. The van der Waals surface area contributed by atoms with Crippen LogP contribution in [0.5, 0.6) is 5.75 Å². The standard InChI is InChI=1S/C26H28N2O3/c29-23-16-14-21(15-17-23)24(19-28-25(30)22-12-5-2-6-13-22)26(31)27-18-8-7-11-20-9-3-1-4-10-20/h1-6,9-10,12-17,24,29H,7-8,11,18-19H2,(H,27,31)(H,28,30). The van der Waals surface area contributed by atoms with Gasteiger partial charge >= 0.3 is 0 Å². The van der Waals surface area contributed by atoms with E-state index >= 15 is 0 Å². The molecular weight excluding hydrogens is 388 g/mol. The minimum absolute atomic E-state index is 0.136. The van der Waals surface area contributed by atoms with Gasteiger partial charge in [0.25, 0.3) is 5.91 Å². The van der Waals surface area contributed by atoms with Crippen molar-refractivity contribution in [3.8, 4) is 5.75 Å². The van der Waals surface area contributed by atoms with Crippen LogP contribution >= 0.6 is 0 Å². The molecule has 0 saturated carbocycles. The van der Waals surface area contributed by atoms with E-state index < -0.39 is 5.92 Å². The Kier molecular flexibility index (Phi) is 8.23. The fourth-order valence-corrected chi connectivity index (χ4v) is 3.39. The number of nitrogens with one attached hydrogen (secondary N) is 2. The molecule has 0 aliphatic rings. The van der Waals surface area contributed by atoms with Gasteiger partial charge in [0, 0.05) is 18.7 Å². The van der Waals surface area contributed by atoms with E-state index in [1.807, 2.05) is 24.3 Å². The van der Waals surface area contributed by atoms with Gasteiger partial charge < -0.3 is 15.7 Å². The Labute approximate surface area is 183 Å². The summed E-state index contributed by atoms with van der Waals surface area (Å²) in [5.74, 6) is -0.765. The second-order valence-electron chi connectivity index (χ2n) is 7.45. The molecule has 0 radical (unpaired) electrons. The Balaban J connectivity index is 1.54. The van der Waals surface area contributed by atoms with Gasteiger partial charge in [-0.3, -0.25) is 9.59 Å². The van der Waals surface area contributed by atoms with Crippen LogP contribution < -0.4 is 10.6 Å². The van der Waals surface area contributed by atoms with Crippen LogP contribution in [0.3, 0.4) is 0 Å². The summed E-state index contributed by atoms with van der Waals surface area (Å²) in [5.41, 5.74) is 2.58. The lowest BCUT2D eigenvalue weighted by molar-refractivity contribution is -0.122. The zero-order valence-corrected chi connectivity index (χ0v) is 17.5. The first kappa shape index (κ1) is 22.1. The monoisotopic (exact) mass is 416 g/mol. The summed E-state index contributed by atoms with van der Waals surface area (Å²) < 4.78 is 0. The largest absolute Gasteiger partial charge is 0.508 e. The molecule has 3 aromatic carbocycles. The SMILES string of the molecule is O=C(NCC(C(=O)NCCCCc1ccccc1)c1ccc(O)cc1)c1ccccc1. The summed E-state index contributed by atoms with van der Waals surface area (Å²) in [5, 5.41) is 15.4. The Morgan fingerprint density at radius 2 is 1.42 bits per heavy atom. The third kappa shape index (κ3) is 7.00. The second-order valence-corrected chi connectivity index (χ2v) is 7.45. The summed E-state index contributed by atoms with van der Waals surface area (Å²) >= 11 is 0. The number of carbonyl (C=O) groups excluding carboxylic acids is 2. The van der Waals surface area contributed by atoms with E-state index in [0.717, 1.165) is 24.8 Å². The number of phenolic OH excluding ortho intramolecular Hbond substituents is 1. The molecule has 0 spiro atoms. The molecule has 3 N–H and O–H groups in total. The second kappa shape index (κ2) is 11.6. The minimum atomic E-state index is -0.539. The van der Waals surface area contributed by atoms with Gasteiger partial charge in [0.05, 0.1) is 5.92 Å². The van der Waals surface area contributed by atoms with Crippen LogP contribution in [-0.4, -0.2) is 30.0 Å². The molecule has 0 fully saturated rings. The molecule has 3 aromatic rings. The molecule has 160 valence electrons. The lowest BCUT2D eigenvalue weighted by Gasteiger charge is -2.18. The lowest BCUT2D eigenvalue weighted by atomic mass is 9.97. The number of phenols is 1. The van der Waals surface area contributed by atoms with Crippen molar-refractivity contribution in [2.24, 2.45) is 0 Å². The van der Waals surface area contributed by atoms with Crippen molar-refractivity contribution in [1.82, 2.24) is 10.6 Å². The highest BCUT2D eigenvalue weighted by Gasteiger charge is 2.21. The molecule has 31 heavy (non-hydrogen) atoms. The maximum atomic E-state index is 12.9. The normalized spacial score (nSPS) is 11.5. The topological polar surface area (TPSA) is 78.4 Å². The lowest BCUT2D eigenvalue weighted by Crippen LogP contribution is -2.37. The number of aryl methyl sites for hydroxylation is 1. The van der Waals surface area contributed by atoms with E-state index in [4.69, 9.17) is 0 Å². The summed E-state index contributed by atoms with van der Waals surface area (Å²) in [6.45, 7) is 0.751.